The summed E-state index contributed by atoms with van der Waals surface area (Å²) >= 11 is 0. The second-order valence-electron chi connectivity index (χ2n) is 24.3. The van der Waals surface area contributed by atoms with Crippen LogP contribution in [0.2, 0.25) is 29.7 Å². The number of aryl methyl sites for hydroxylation is 1. The Morgan fingerprint density at radius 2 is 1.00 bits per heavy atom. The summed E-state index contributed by atoms with van der Waals surface area (Å²) in [6.07, 6.45) is 7.03. The summed E-state index contributed by atoms with van der Waals surface area (Å²) in [4.78, 5) is 28.7. The van der Waals surface area contributed by atoms with Gasteiger partial charge in [-0.05, 0) is 86.7 Å². The molecule has 2 atom stereocenters. The molecule has 6 aromatic carbocycles. The third-order valence-electron chi connectivity index (χ3n) is 13.5. The Labute approximate surface area is 502 Å². The number of aliphatic hydroxyl groups excluding tert-OH is 1. The zero-order chi connectivity index (χ0) is 61.9. The zero-order valence-electron chi connectivity index (χ0n) is 52.6. The van der Waals surface area contributed by atoms with Gasteiger partial charge in [-0.3, -0.25) is 0 Å². The lowest BCUT2D eigenvalue weighted by Gasteiger charge is -2.43. The van der Waals surface area contributed by atoms with Crippen LogP contribution in [-0.2, 0) is 42.4 Å². The molecule has 1 heterocycles. The number of para-hydroxylation sites is 2. The van der Waals surface area contributed by atoms with E-state index in [1.807, 2.05) is 52.0 Å². The maximum absolute atomic E-state index is 12.4. The van der Waals surface area contributed by atoms with Crippen molar-refractivity contribution in [1.29, 1.82) is 0 Å². The van der Waals surface area contributed by atoms with E-state index < -0.39 is 24.7 Å². The molecule has 83 heavy (non-hydrogen) atoms. The minimum atomic E-state index is -2.61. The number of cyclic esters (lactones) is 1. The topological polar surface area (TPSA) is 118 Å². The maximum Gasteiger partial charge on any atom is 0.373 e. The number of carbonyl (C=O) groups excluding carboxylic acids is 3. The summed E-state index contributed by atoms with van der Waals surface area (Å²) in [5.74, 6) is 7.87. The number of ether oxygens (including phenoxy) is 3. The van der Waals surface area contributed by atoms with E-state index in [9.17, 15) is 9.90 Å². The highest BCUT2D eigenvalue weighted by Gasteiger charge is 2.51. The molecule has 0 fully saturated rings. The molecule has 0 aliphatic carbocycles. The van der Waals surface area contributed by atoms with E-state index in [0.717, 1.165) is 29.7 Å². The molecule has 12 heteroatoms. The lowest BCUT2D eigenvalue weighted by Crippen LogP contribution is -2.66. The number of benzene rings is 6. The van der Waals surface area contributed by atoms with Crippen LogP contribution in [0.25, 0.3) is 0 Å². The van der Waals surface area contributed by atoms with Gasteiger partial charge in [0.05, 0.1) is 6.61 Å². The molecule has 0 bridgehead atoms. The predicted octanol–water partition coefficient (Wildman–Crippen LogP) is 13.1. The molecule has 6 aromatic rings. The van der Waals surface area contributed by atoms with E-state index in [0.29, 0.717) is 42.8 Å². The van der Waals surface area contributed by atoms with Crippen LogP contribution in [0.15, 0.2) is 158 Å². The van der Waals surface area contributed by atoms with Gasteiger partial charge in [-0.1, -0.05) is 247 Å². The van der Waals surface area contributed by atoms with Crippen molar-refractivity contribution in [3.63, 3.8) is 0 Å². The van der Waals surface area contributed by atoms with E-state index in [-0.39, 0.29) is 47.6 Å². The normalized spacial score (nSPS) is 13.4. The summed E-state index contributed by atoms with van der Waals surface area (Å²) in [5, 5.41) is 14.5. The van der Waals surface area contributed by atoms with Crippen LogP contribution in [0.4, 0.5) is 0 Å². The van der Waals surface area contributed by atoms with Crippen LogP contribution < -0.4 is 30.2 Å². The summed E-state index contributed by atoms with van der Waals surface area (Å²) in [6.45, 7) is 36.1. The van der Waals surface area contributed by atoms with E-state index in [2.05, 4.69) is 227 Å². The number of terminal acetylenes is 1. The number of rotatable bonds is 16. The van der Waals surface area contributed by atoms with Gasteiger partial charge < -0.3 is 28.2 Å². The minimum Gasteiger partial charge on any atom is -0.488 e. The van der Waals surface area contributed by atoms with Gasteiger partial charge in [0, 0.05) is 25.0 Å². The van der Waals surface area contributed by atoms with Crippen molar-refractivity contribution in [1.82, 2.24) is 0 Å². The molecule has 0 amide bonds. The van der Waals surface area contributed by atoms with E-state index in [1.165, 1.54) is 26.3 Å². The molecular formula is C71H94O9Si3. The van der Waals surface area contributed by atoms with E-state index in [1.54, 1.807) is 6.07 Å². The molecule has 0 saturated heterocycles. The van der Waals surface area contributed by atoms with Crippen molar-refractivity contribution < 1.29 is 42.6 Å². The second-order valence-corrected chi connectivity index (χ2v) is 37.7. The number of carbonyl (C=O) groups is 1. The number of hydrogen-bond acceptors (Lipinski definition) is 9. The molecule has 1 aliphatic rings. The Hall–Kier alpha value is -6.58. The number of hydrogen-bond donors (Lipinski definition) is 1. The molecule has 0 saturated carbocycles. The second kappa shape index (κ2) is 34.3. The smallest absolute Gasteiger partial charge is 0.373 e. The van der Waals surface area contributed by atoms with Crippen molar-refractivity contribution in [3.8, 4) is 35.3 Å². The largest absolute Gasteiger partial charge is 0.488 e. The van der Waals surface area contributed by atoms with Gasteiger partial charge in [0.1, 0.15) is 44.0 Å². The third-order valence-corrected chi connectivity index (χ3v) is 24.5. The predicted molar refractivity (Wildman–Crippen MR) is 349 cm³/mol. The Balaban J connectivity index is 0.000000341. The quantitative estimate of drug-likeness (QED) is 0.0574. The first-order chi connectivity index (χ1) is 39.3. The van der Waals surface area contributed by atoms with Crippen LogP contribution in [0.1, 0.15) is 117 Å². The highest BCUT2D eigenvalue weighted by Crippen LogP contribution is 2.39. The summed E-state index contributed by atoms with van der Waals surface area (Å²) in [6, 6.07) is 54.7. The van der Waals surface area contributed by atoms with Crippen LogP contribution >= 0.6 is 0 Å². The van der Waals surface area contributed by atoms with Crippen molar-refractivity contribution in [2.24, 2.45) is 11.8 Å². The van der Waals surface area contributed by atoms with Gasteiger partial charge in [0.2, 0.25) is 0 Å². The molecule has 444 valence electrons. The number of fused-ring (bicyclic) bond motifs is 1. The van der Waals surface area contributed by atoms with Gasteiger partial charge in [0.15, 0.2) is 0 Å². The molecule has 2 unspecified atom stereocenters. The van der Waals surface area contributed by atoms with Gasteiger partial charge >= 0.3 is 12.1 Å². The fraction of sp³-hybridized carbons (Fsp3) is 0.408. The van der Waals surface area contributed by atoms with Gasteiger partial charge in [0.25, 0.3) is 16.6 Å². The molecule has 1 aliphatic heterocycles. The van der Waals surface area contributed by atoms with E-state index in [4.69, 9.17) is 39.1 Å². The van der Waals surface area contributed by atoms with Crippen LogP contribution in [0, 0.1) is 35.6 Å². The standard InChI is InChI=1S/C29H38O3Si.C28H32O4Si.C8H16Si.C5H8.CO2/c1-6-24-14-13-15-25(28(24)32-23(2)22-30)20-21-31-33(29(3,4)5,26-16-9-7-10-17-26)27-18-11-8-12-19-27;1-21-20-30-27(29)25-17-11-12-22(26(25)32-21)18-19-31-33(28(2,3)4,23-13-7-5-8-14-23)24-15-9-6-10-16-24;1-8(2)6-7-9(3,4)5;1-4-5(2)3;2-1-3/h7-19,23,30H,6,20-22H2,1-5H3;5-17,21H,18-20H2,1-4H3;8H,1-5H3;1,5H,2-3H3;. The maximum atomic E-state index is 12.4. The number of esters is 1. The fourth-order valence-electron chi connectivity index (χ4n) is 9.60. The minimum absolute atomic E-state index is 0.00392. The lowest BCUT2D eigenvalue weighted by molar-refractivity contribution is -0.191. The first-order valence-electron chi connectivity index (χ1n) is 29.1. The number of aliphatic hydroxyl groups is 1. The SMILES string of the molecule is C#CC(C)C.CC(C)C#C[Si](C)(C)C.CC1COC(=O)c2cccc(CCO[Si](c3ccccc3)(c3ccccc3)C(C)(C)C)c2O1.CCc1cccc(CCO[Si](c2ccccc2)(c2ccccc2)C(C)(C)C)c1OC(C)CO.O=C=O. The summed E-state index contributed by atoms with van der Waals surface area (Å²) in [7, 11) is -6.25. The van der Waals surface area contributed by atoms with Gasteiger partial charge in [-0.2, -0.15) is 9.59 Å². The van der Waals surface area contributed by atoms with Gasteiger partial charge in [-0.15, -0.1) is 23.8 Å². The fourth-order valence-corrected chi connectivity index (χ4v) is 19.5. The van der Waals surface area contributed by atoms with Crippen LogP contribution in [0.3, 0.4) is 0 Å². The first kappa shape index (κ1) is 70.7. The average molecular weight is 1180 g/mol. The summed E-state index contributed by atoms with van der Waals surface area (Å²) in [5.41, 5.74) is 7.06. The molecular weight excluding hydrogens is 1080 g/mol. The van der Waals surface area contributed by atoms with Crippen LogP contribution in [-0.4, -0.2) is 80.6 Å². The highest BCUT2D eigenvalue weighted by atomic mass is 28.4. The third kappa shape index (κ3) is 21.2. The molecule has 9 nitrogen and oxygen atoms in total. The Kier molecular flexibility index (Phi) is 29.2. The Bertz CT molecular complexity index is 2910. The average Bonchev–Trinajstić information content (AvgIpc) is 3.60. The molecule has 7 rings (SSSR count). The first-order valence-corrected chi connectivity index (χ1v) is 36.4. The zero-order valence-corrected chi connectivity index (χ0v) is 55.6. The Morgan fingerprint density at radius 3 is 1.35 bits per heavy atom. The van der Waals surface area contributed by atoms with Gasteiger partial charge in [-0.25, -0.2) is 4.79 Å². The van der Waals surface area contributed by atoms with Crippen molar-refractivity contribution >= 4 is 57.6 Å². The van der Waals surface area contributed by atoms with Crippen LogP contribution in [0.5, 0.6) is 11.5 Å². The highest BCUT2D eigenvalue weighted by molar-refractivity contribution is 7.00. The molecule has 0 radical (unpaired) electrons. The van der Waals surface area contributed by atoms with Crippen molar-refractivity contribution in [2.75, 3.05) is 26.4 Å². The molecule has 1 N–H and O–H groups in total. The van der Waals surface area contributed by atoms with Crippen molar-refractivity contribution in [3.05, 3.63) is 180 Å². The Morgan fingerprint density at radius 1 is 0.614 bits per heavy atom. The van der Waals surface area contributed by atoms with E-state index >= 15 is 0 Å². The molecule has 0 aromatic heterocycles. The monoisotopic (exact) mass is 1170 g/mol. The molecule has 0 spiro atoms. The lowest BCUT2D eigenvalue weighted by atomic mass is 10.0. The summed E-state index contributed by atoms with van der Waals surface area (Å²) < 4.78 is 31.6. The van der Waals surface area contributed by atoms with Crippen molar-refractivity contribution in [2.45, 2.75) is 151 Å².